The summed E-state index contributed by atoms with van der Waals surface area (Å²) < 4.78 is 0. The molecular formula is C12H23NO. The summed E-state index contributed by atoms with van der Waals surface area (Å²) in [6, 6.07) is 0. The summed E-state index contributed by atoms with van der Waals surface area (Å²) in [5.41, 5.74) is 5.25. The maximum Gasteiger partial charge on any atom is 0.223 e. The molecule has 0 unspecified atom stereocenters. The zero-order chi connectivity index (χ0) is 11.1. The molecule has 1 saturated carbocycles. The number of primary amides is 1. The van der Waals surface area contributed by atoms with Crippen LogP contribution in [0.15, 0.2) is 0 Å². The lowest BCUT2D eigenvalue weighted by Crippen LogP contribution is -2.45. The van der Waals surface area contributed by atoms with Crippen LogP contribution in [0.3, 0.4) is 0 Å². The molecule has 1 rings (SSSR count). The molecule has 0 radical (unpaired) electrons. The maximum atomic E-state index is 11.5. The highest BCUT2D eigenvalue weighted by Crippen LogP contribution is 2.57. The number of hydrogen-bond acceptors (Lipinski definition) is 1. The van der Waals surface area contributed by atoms with Crippen LogP contribution in [0.2, 0.25) is 0 Å². The minimum Gasteiger partial charge on any atom is -0.369 e. The van der Waals surface area contributed by atoms with Crippen LogP contribution in [0, 0.1) is 22.7 Å². The molecule has 2 N–H and O–H groups in total. The van der Waals surface area contributed by atoms with Crippen molar-refractivity contribution in [1.29, 1.82) is 0 Å². The number of amides is 1. The Balaban J connectivity index is 3.02. The van der Waals surface area contributed by atoms with Gasteiger partial charge in [0, 0.05) is 0 Å². The highest BCUT2D eigenvalue weighted by Gasteiger charge is 2.55. The SMILES string of the molecule is CC(C)[C@H]1CC[C@@](C)(C(N)=O)C1(C)C. The van der Waals surface area contributed by atoms with Crippen LogP contribution >= 0.6 is 0 Å². The molecule has 0 aromatic rings. The molecule has 82 valence electrons. The van der Waals surface area contributed by atoms with Crippen molar-refractivity contribution >= 4 is 5.91 Å². The number of nitrogens with two attached hydrogens (primary N) is 1. The van der Waals surface area contributed by atoms with E-state index in [0.29, 0.717) is 11.8 Å². The van der Waals surface area contributed by atoms with Gasteiger partial charge in [0.15, 0.2) is 0 Å². The van der Waals surface area contributed by atoms with E-state index in [9.17, 15) is 4.79 Å². The van der Waals surface area contributed by atoms with E-state index in [1.807, 2.05) is 6.92 Å². The Morgan fingerprint density at radius 1 is 1.36 bits per heavy atom. The summed E-state index contributed by atoms with van der Waals surface area (Å²) in [5.74, 6) is 1.11. The van der Waals surface area contributed by atoms with E-state index < -0.39 is 0 Å². The third kappa shape index (κ3) is 1.35. The Kier molecular flexibility index (Phi) is 2.68. The fourth-order valence-corrected chi connectivity index (χ4v) is 3.14. The molecule has 0 aliphatic heterocycles. The summed E-state index contributed by atoms with van der Waals surface area (Å²) in [4.78, 5) is 11.5. The Morgan fingerprint density at radius 2 is 1.86 bits per heavy atom. The maximum absolute atomic E-state index is 11.5. The van der Waals surface area contributed by atoms with Crippen molar-refractivity contribution < 1.29 is 4.79 Å². The number of hydrogen-bond donors (Lipinski definition) is 1. The zero-order valence-electron chi connectivity index (χ0n) is 10.1. The largest absolute Gasteiger partial charge is 0.369 e. The first-order valence-electron chi connectivity index (χ1n) is 5.53. The van der Waals surface area contributed by atoms with E-state index in [1.165, 1.54) is 0 Å². The predicted octanol–water partition coefficient (Wildman–Crippen LogP) is 2.57. The Hall–Kier alpha value is -0.530. The molecule has 2 nitrogen and oxygen atoms in total. The Bertz CT molecular complexity index is 245. The van der Waals surface area contributed by atoms with Gasteiger partial charge in [-0.2, -0.15) is 0 Å². The van der Waals surface area contributed by atoms with Gasteiger partial charge in [0.05, 0.1) is 5.41 Å². The first-order valence-corrected chi connectivity index (χ1v) is 5.53. The van der Waals surface area contributed by atoms with E-state index >= 15 is 0 Å². The summed E-state index contributed by atoms with van der Waals surface area (Å²) in [6.07, 6.45) is 2.07. The minimum atomic E-state index is -0.318. The summed E-state index contributed by atoms with van der Waals surface area (Å²) >= 11 is 0. The van der Waals surface area contributed by atoms with Crippen LogP contribution in [0.5, 0.6) is 0 Å². The van der Waals surface area contributed by atoms with Crippen molar-refractivity contribution in [1.82, 2.24) is 0 Å². The Morgan fingerprint density at radius 3 is 2.07 bits per heavy atom. The second-order valence-electron chi connectivity index (χ2n) is 5.81. The van der Waals surface area contributed by atoms with Gasteiger partial charge in [-0.05, 0) is 30.1 Å². The lowest BCUT2D eigenvalue weighted by Gasteiger charge is -2.41. The van der Waals surface area contributed by atoms with Crippen LogP contribution < -0.4 is 5.73 Å². The first-order chi connectivity index (χ1) is 6.23. The van der Waals surface area contributed by atoms with Gasteiger partial charge in [-0.25, -0.2) is 0 Å². The van der Waals surface area contributed by atoms with Gasteiger partial charge in [0.25, 0.3) is 0 Å². The molecule has 2 heteroatoms. The van der Waals surface area contributed by atoms with Crippen LogP contribution in [-0.4, -0.2) is 5.91 Å². The number of carbonyl (C=O) groups is 1. The monoisotopic (exact) mass is 197 g/mol. The van der Waals surface area contributed by atoms with Crippen molar-refractivity contribution in [3.8, 4) is 0 Å². The molecule has 0 heterocycles. The fraction of sp³-hybridized carbons (Fsp3) is 0.917. The molecule has 2 atom stereocenters. The van der Waals surface area contributed by atoms with Gasteiger partial charge in [-0.15, -0.1) is 0 Å². The van der Waals surface area contributed by atoms with Crippen molar-refractivity contribution in [2.45, 2.75) is 47.5 Å². The van der Waals surface area contributed by atoms with E-state index in [-0.39, 0.29) is 16.7 Å². The molecular weight excluding hydrogens is 174 g/mol. The van der Waals surface area contributed by atoms with Gasteiger partial charge in [-0.3, -0.25) is 4.79 Å². The van der Waals surface area contributed by atoms with Gasteiger partial charge in [0.1, 0.15) is 0 Å². The smallest absolute Gasteiger partial charge is 0.223 e. The van der Waals surface area contributed by atoms with Gasteiger partial charge in [-0.1, -0.05) is 34.6 Å². The Labute approximate surface area is 87.2 Å². The minimum absolute atomic E-state index is 0.0347. The predicted molar refractivity (Wildman–Crippen MR) is 58.6 cm³/mol. The van der Waals surface area contributed by atoms with Crippen LogP contribution in [0.1, 0.15) is 47.5 Å². The average Bonchev–Trinajstić information content (AvgIpc) is 2.24. The first kappa shape index (κ1) is 11.5. The normalized spacial score (nSPS) is 36.3. The second kappa shape index (κ2) is 3.25. The highest BCUT2D eigenvalue weighted by molar-refractivity contribution is 5.81. The summed E-state index contributed by atoms with van der Waals surface area (Å²) in [5, 5.41) is 0. The van der Waals surface area contributed by atoms with Crippen LogP contribution in [-0.2, 0) is 4.79 Å². The molecule has 0 saturated heterocycles. The molecule has 0 aromatic carbocycles. The lowest BCUT2D eigenvalue weighted by atomic mass is 9.63. The summed E-state index contributed by atoms with van der Waals surface area (Å²) in [6.45, 7) is 10.9. The van der Waals surface area contributed by atoms with Crippen LogP contribution in [0.25, 0.3) is 0 Å². The third-order valence-electron chi connectivity index (χ3n) is 4.65. The van der Waals surface area contributed by atoms with Crippen molar-refractivity contribution in [3.05, 3.63) is 0 Å². The zero-order valence-corrected chi connectivity index (χ0v) is 10.1. The molecule has 0 aromatic heterocycles. The molecule has 1 aliphatic rings. The summed E-state index contributed by atoms with van der Waals surface area (Å²) in [7, 11) is 0. The lowest BCUT2D eigenvalue weighted by molar-refractivity contribution is -0.132. The molecule has 1 aliphatic carbocycles. The molecule has 14 heavy (non-hydrogen) atoms. The van der Waals surface area contributed by atoms with Crippen LogP contribution in [0.4, 0.5) is 0 Å². The van der Waals surface area contributed by atoms with Crippen molar-refractivity contribution in [3.63, 3.8) is 0 Å². The van der Waals surface area contributed by atoms with Gasteiger partial charge >= 0.3 is 0 Å². The van der Waals surface area contributed by atoms with E-state index in [2.05, 4.69) is 27.7 Å². The standard InChI is InChI=1S/C12H23NO/c1-8(2)9-6-7-12(5,10(13)14)11(9,3)4/h8-9H,6-7H2,1-5H3,(H2,13,14)/t9-,12+/m1/s1. The average molecular weight is 197 g/mol. The van der Waals surface area contributed by atoms with E-state index in [1.54, 1.807) is 0 Å². The quantitative estimate of drug-likeness (QED) is 0.726. The second-order valence-corrected chi connectivity index (χ2v) is 5.81. The number of carbonyl (C=O) groups excluding carboxylic acids is 1. The van der Waals surface area contributed by atoms with Crippen molar-refractivity contribution in [2.75, 3.05) is 0 Å². The number of rotatable bonds is 2. The molecule has 0 spiro atoms. The molecule has 1 amide bonds. The van der Waals surface area contributed by atoms with E-state index in [4.69, 9.17) is 5.73 Å². The topological polar surface area (TPSA) is 43.1 Å². The molecule has 1 fully saturated rings. The third-order valence-corrected chi connectivity index (χ3v) is 4.65. The van der Waals surface area contributed by atoms with Crippen molar-refractivity contribution in [2.24, 2.45) is 28.4 Å². The highest BCUT2D eigenvalue weighted by atomic mass is 16.1. The molecule has 0 bridgehead atoms. The fourth-order valence-electron chi connectivity index (χ4n) is 3.14. The van der Waals surface area contributed by atoms with Gasteiger partial charge < -0.3 is 5.73 Å². The van der Waals surface area contributed by atoms with E-state index in [0.717, 1.165) is 12.8 Å². The van der Waals surface area contributed by atoms with Gasteiger partial charge in [0.2, 0.25) is 5.91 Å².